The number of rotatable bonds is 2. The summed E-state index contributed by atoms with van der Waals surface area (Å²) in [6.45, 7) is 3.56. The van der Waals surface area contributed by atoms with Crippen molar-refractivity contribution in [1.82, 2.24) is 14.9 Å². The lowest BCUT2D eigenvalue weighted by molar-refractivity contribution is -0.137. The number of nitrogens with zero attached hydrogens (tertiary/aromatic N) is 2. The van der Waals surface area contributed by atoms with Gasteiger partial charge in [0.2, 0.25) is 0 Å². The number of H-pyrrole nitrogens is 1. The first-order valence-electron chi connectivity index (χ1n) is 8.39. The molecule has 1 aromatic carbocycles. The third-order valence-corrected chi connectivity index (χ3v) is 5.14. The smallest absolute Gasteiger partial charge is 0.381 e. The highest BCUT2D eigenvalue weighted by molar-refractivity contribution is 5.76. The minimum absolute atomic E-state index is 0.259. The molecule has 0 spiro atoms. The molecule has 7 heteroatoms. The highest BCUT2D eigenvalue weighted by Gasteiger charge is 2.33. The fourth-order valence-electron chi connectivity index (χ4n) is 3.79. The highest BCUT2D eigenvalue weighted by Crippen LogP contribution is 2.33. The van der Waals surface area contributed by atoms with Crippen LogP contribution in [0.1, 0.15) is 36.6 Å². The van der Waals surface area contributed by atoms with Crippen molar-refractivity contribution in [2.75, 3.05) is 26.3 Å². The fraction of sp³-hybridized carbons (Fsp3) is 0.588. The molecule has 130 valence electrons. The zero-order valence-electron chi connectivity index (χ0n) is 13.3. The molecule has 0 amide bonds. The lowest BCUT2D eigenvalue weighted by Crippen LogP contribution is -2.37. The van der Waals surface area contributed by atoms with Crippen molar-refractivity contribution in [3.8, 4) is 0 Å². The Morgan fingerprint density at radius 3 is 2.71 bits per heavy atom. The van der Waals surface area contributed by atoms with Gasteiger partial charge in [-0.2, -0.15) is 13.2 Å². The molecular formula is C17H20F3N3O. The van der Waals surface area contributed by atoms with Crippen LogP contribution in [0.4, 0.5) is 13.2 Å². The Bertz CT molecular complexity index is 721. The lowest BCUT2D eigenvalue weighted by atomic mass is 10.1. The maximum absolute atomic E-state index is 12.8. The van der Waals surface area contributed by atoms with E-state index in [1.165, 1.54) is 6.07 Å². The minimum Gasteiger partial charge on any atom is -0.381 e. The molecule has 2 aliphatic heterocycles. The van der Waals surface area contributed by atoms with E-state index in [4.69, 9.17) is 4.74 Å². The molecule has 4 rings (SSSR count). The van der Waals surface area contributed by atoms with E-state index < -0.39 is 11.7 Å². The lowest BCUT2D eigenvalue weighted by Gasteiger charge is -2.30. The summed E-state index contributed by atoms with van der Waals surface area (Å²) in [5.74, 6) is 1.06. The van der Waals surface area contributed by atoms with E-state index in [0.717, 1.165) is 63.5 Å². The van der Waals surface area contributed by atoms with Gasteiger partial charge in [0.25, 0.3) is 0 Å². The van der Waals surface area contributed by atoms with E-state index >= 15 is 0 Å². The van der Waals surface area contributed by atoms with Gasteiger partial charge in [0.1, 0.15) is 5.82 Å². The van der Waals surface area contributed by atoms with E-state index in [0.29, 0.717) is 17.1 Å². The van der Waals surface area contributed by atoms with Crippen molar-refractivity contribution in [2.24, 2.45) is 0 Å². The normalized spacial score (nSPS) is 24.0. The van der Waals surface area contributed by atoms with Gasteiger partial charge >= 0.3 is 6.18 Å². The van der Waals surface area contributed by atoms with Crippen molar-refractivity contribution in [3.63, 3.8) is 0 Å². The molecule has 1 atom stereocenters. The van der Waals surface area contributed by atoms with Crippen LogP contribution in [-0.4, -0.2) is 47.2 Å². The van der Waals surface area contributed by atoms with Gasteiger partial charge in [-0.25, -0.2) is 4.98 Å². The third kappa shape index (κ3) is 3.02. The van der Waals surface area contributed by atoms with Gasteiger partial charge < -0.3 is 9.72 Å². The number of fused-ring (bicyclic) bond motifs is 1. The number of imidazole rings is 1. The average molecular weight is 339 g/mol. The monoisotopic (exact) mass is 339 g/mol. The zero-order chi connectivity index (χ0) is 16.7. The quantitative estimate of drug-likeness (QED) is 0.910. The summed E-state index contributed by atoms with van der Waals surface area (Å²) in [7, 11) is 0. The van der Waals surface area contributed by atoms with Gasteiger partial charge in [-0.3, -0.25) is 4.90 Å². The second-order valence-electron chi connectivity index (χ2n) is 6.68. The largest absolute Gasteiger partial charge is 0.416 e. The molecule has 0 saturated carbocycles. The topological polar surface area (TPSA) is 41.2 Å². The fourth-order valence-corrected chi connectivity index (χ4v) is 3.79. The number of aromatic amines is 1. The summed E-state index contributed by atoms with van der Waals surface area (Å²) < 4.78 is 43.9. The predicted molar refractivity (Wildman–Crippen MR) is 83.9 cm³/mol. The van der Waals surface area contributed by atoms with Crippen LogP contribution in [0, 0.1) is 0 Å². The summed E-state index contributed by atoms with van der Waals surface area (Å²) in [6, 6.07) is 4.25. The first-order chi connectivity index (χ1) is 11.5. The number of hydrogen-bond acceptors (Lipinski definition) is 3. The molecule has 1 aromatic heterocycles. The molecule has 2 aliphatic rings. The van der Waals surface area contributed by atoms with Crippen LogP contribution in [0.25, 0.3) is 11.0 Å². The molecule has 2 saturated heterocycles. The van der Waals surface area contributed by atoms with Gasteiger partial charge in [-0.1, -0.05) is 0 Å². The molecule has 0 radical (unpaired) electrons. The summed E-state index contributed by atoms with van der Waals surface area (Å²) in [6.07, 6.45) is -1.22. The Hall–Kier alpha value is -1.60. The number of alkyl halides is 3. The van der Waals surface area contributed by atoms with Crippen molar-refractivity contribution in [3.05, 3.63) is 29.6 Å². The molecule has 0 aliphatic carbocycles. The maximum Gasteiger partial charge on any atom is 0.416 e. The van der Waals surface area contributed by atoms with E-state index in [2.05, 4.69) is 14.9 Å². The Morgan fingerprint density at radius 1 is 1.17 bits per heavy atom. The molecule has 0 bridgehead atoms. The molecule has 2 aromatic rings. The average Bonchev–Trinajstić information content (AvgIpc) is 3.21. The SMILES string of the molecule is FC(F)(F)c1ccc2nc(C3CCN(C4CCOCC4)C3)[nH]c2c1. The number of nitrogens with one attached hydrogen (secondary N) is 1. The van der Waals surface area contributed by atoms with Crippen LogP contribution in [-0.2, 0) is 10.9 Å². The van der Waals surface area contributed by atoms with E-state index in [1.807, 2.05) is 0 Å². The van der Waals surface area contributed by atoms with Gasteiger partial charge in [0.05, 0.1) is 16.6 Å². The number of ether oxygens (including phenoxy) is 1. The molecule has 24 heavy (non-hydrogen) atoms. The second kappa shape index (κ2) is 6.04. The molecule has 3 heterocycles. The third-order valence-electron chi connectivity index (χ3n) is 5.14. The van der Waals surface area contributed by atoms with Crippen molar-refractivity contribution >= 4 is 11.0 Å². The van der Waals surface area contributed by atoms with Gasteiger partial charge in [-0.15, -0.1) is 0 Å². The maximum atomic E-state index is 12.8. The Morgan fingerprint density at radius 2 is 1.96 bits per heavy atom. The Balaban J connectivity index is 1.52. The van der Waals surface area contributed by atoms with Crippen molar-refractivity contribution in [2.45, 2.75) is 37.4 Å². The highest BCUT2D eigenvalue weighted by atomic mass is 19.4. The number of aromatic nitrogens is 2. The van der Waals surface area contributed by atoms with E-state index in [1.54, 1.807) is 0 Å². The number of benzene rings is 1. The summed E-state index contributed by atoms with van der Waals surface area (Å²) in [4.78, 5) is 10.1. The zero-order valence-corrected chi connectivity index (χ0v) is 13.3. The first kappa shape index (κ1) is 15.9. The number of likely N-dealkylation sites (tertiary alicyclic amines) is 1. The molecule has 1 unspecified atom stereocenters. The summed E-state index contributed by atoms with van der Waals surface area (Å²) in [5.41, 5.74) is 0.423. The van der Waals surface area contributed by atoms with Crippen LogP contribution in [0.5, 0.6) is 0 Å². The molecule has 1 N–H and O–H groups in total. The Labute approximate surface area is 138 Å². The van der Waals surface area contributed by atoms with E-state index in [9.17, 15) is 13.2 Å². The van der Waals surface area contributed by atoms with Gasteiger partial charge in [0, 0.05) is 31.7 Å². The van der Waals surface area contributed by atoms with Gasteiger partial charge in [-0.05, 0) is 44.0 Å². The molecular weight excluding hydrogens is 319 g/mol. The van der Waals surface area contributed by atoms with Crippen LogP contribution >= 0.6 is 0 Å². The molecule has 2 fully saturated rings. The van der Waals surface area contributed by atoms with E-state index in [-0.39, 0.29) is 5.92 Å². The number of halogens is 3. The molecule has 4 nitrogen and oxygen atoms in total. The van der Waals surface area contributed by atoms with Crippen LogP contribution in [0.3, 0.4) is 0 Å². The predicted octanol–water partition coefficient (Wildman–Crippen LogP) is 3.55. The summed E-state index contributed by atoms with van der Waals surface area (Å²) >= 11 is 0. The Kier molecular flexibility index (Phi) is 4.00. The van der Waals surface area contributed by atoms with Gasteiger partial charge in [0.15, 0.2) is 0 Å². The number of hydrogen-bond donors (Lipinski definition) is 1. The van der Waals surface area contributed by atoms with Crippen LogP contribution in [0.2, 0.25) is 0 Å². The standard InChI is InChI=1S/C17H20F3N3O/c18-17(19,20)12-1-2-14-15(9-12)22-16(21-14)11-3-6-23(10-11)13-4-7-24-8-5-13/h1-2,9,11,13H,3-8,10H2,(H,21,22). The van der Waals surface area contributed by atoms with Crippen LogP contribution in [0.15, 0.2) is 18.2 Å². The summed E-state index contributed by atoms with van der Waals surface area (Å²) in [5, 5.41) is 0. The van der Waals surface area contributed by atoms with Crippen molar-refractivity contribution in [1.29, 1.82) is 0 Å². The first-order valence-corrected chi connectivity index (χ1v) is 8.39. The van der Waals surface area contributed by atoms with Crippen LogP contribution < -0.4 is 0 Å². The second-order valence-corrected chi connectivity index (χ2v) is 6.68. The minimum atomic E-state index is -4.33. The van der Waals surface area contributed by atoms with Crippen molar-refractivity contribution < 1.29 is 17.9 Å².